The lowest BCUT2D eigenvalue weighted by Gasteiger charge is -2.18. The molecule has 0 bridgehead atoms. The number of nitrogens with one attached hydrogen (secondary N) is 2. The van der Waals surface area contributed by atoms with E-state index in [1.165, 1.54) is 0 Å². The third-order valence-corrected chi connectivity index (χ3v) is 5.36. The van der Waals surface area contributed by atoms with Crippen molar-refractivity contribution in [2.24, 2.45) is 0 Å². The highest BCUT2D eigenvalue weighted by Crippen LogP contribution is 2.37. The average Bonchev–Trinajstić information content (AvgIpc) is 2.83. The van der Waals surface area contributed by atoms with E-state index in [1.54, 1.807) is 36.4 Å². The van der Waals surface area contributed by atoms with Gasteiger partial charge in [-0.25, -0.2) is 0 Å². The van der Waals surface area contributed by atoms with Crippen LogP contribution in [0.15, 0.2) is 54.6 Å². The van der Waals surface area contributed by atoms with Crippen molar-refractivity contribution in [3.05, 3.63) is 76.9 Å². The molecule has 7 heteroatoms. The van der Waals surface area contributed by atoms with E-state index in [2.05, 4.69) is 16.7 Å². The van der Waals surface area contributed by atoms with Gasteiger partial charge in [0.15, 0.2) is 6.61 Å². The third-order valence-electron chi connectivity index (χ3n) is 5.36. The molecule has 0 atom stereocenters. The van der Waals surface area contributed by atoms with Crippen LogP contribution in [0.3, 0.4) is 0 Å². The van der Waals surface area contributed by atoms with Gasteiger partial charge in [0.2, 0.25) is 0 Å². The minimum atomic E-state index is -0.340. The van der Waals surface area contributed by atoms with Crippen LogP contribution in [0.25, 0.3) is 0 Å². The molecule has 0 aromatic heterocycles. The lowest BCUT2D eigenvalue weighted by Crippen LogP contribution is -2.21. The second-order valence-corrected chi connectivity index (χ2v) is 8.07. The first kappa shape index (κ1) is 25.6. The predicted molar refractivity (Wildman–Crippen MR) is 138 cm³/mol. The zero-order valence-electron chi connectivity index (χ0n) is 20.9. The van der Waals surface area contributed by atoms with E-state index in [1.807, 2.05) is 46.8 Å². The summed E-state index contributed by atoms with van der Waals surface area (Å²) in [5.74, 6) is 0.893. The van der Waals surface area contributed by atoms with Crippen molar-refractivity contribution < 1.29 is 23.8 Å². The van der Waals surface area contributed by atoms with Crippen LogP contribution in [0.5, 0.6) is 17.2 Å². The van der Waals surface area contributed by atoms with Crippen LogP contribution in [0.4, 0.5) is 11.4 Å². The summed E-state index contributed by atoms with van der Waals surface area (Å²) in [5.41, 5.74) is 4.56. The summed E-state index contributed by atoms with van der Waals surface area (Å²) in [4.78, 5) is 25.4. The first-order valence-corrected chi connectivity index (χ1v) is 11.6. The van der Waals surface area contributed by atoms with E-state index < -0.39 is 0 Å². The van der Waals surface area contributed by atoms with Gasteiger partial charge in [-0.3, -0.25) is 9.59 Å². The molecule has 0 saturated heterocycles. The highest BCUT2D eigenvalue weighted by molar-refractivity contribution is 6.05. The number of carbonyl (C=O) groups excluding carboxylic acids is 2. The number of benzene rings is 3. The Labute approximate surface area is 206 Å². The standard InChI is InChI=1S/C28H32N2O5/c1-6-33-25-16-23(30-28(32)21-11-9-8-10-12-21)26(34-7-2)15-22(25)29-27(31)17-35-24-14-18(3)13-19(4)20(24)5/h8-16H,6-7,17H2,1-5H3,(H,29,31)(H,30,32). The van der Waals surface area contributed by atoms with Gasteiger partial charge in [0.25, 0.3) is 11.8 Å². The molecule has 0 aliphatic carbocycles. The molecule has 3 aromatic rings. The molecule has 0 aliphatic heterocycles. The minimum absolute atomic E-state index is 0.161. The Kier molecular flexibility index (Phi) is 8.73. The quantitative estimate of drug-likeness (QED) is 0.393. The van der Waals surface area contributed by atoms with Gasteiger partial charge in [-0.1, -0.05) is 24.3 Å². The zero-order chi connectivity index (χ0) is 25.4. The Morgan fingerprint density at radius 1 is 0.743 bits per heavy atom. The minimum Gasteiger partial charge on any atom is -0.492 e. The van der Waals surface area contributed by atoms with Crippen LogP contribution in [-0.4, -0.2) is 31.6 Å². The number of hydrogen-bond acceptors (Lipinski definition) is 5. The highest BCUT2D eigenvalue weighted by atomic mass is 16.5. The summed E-state index contributed by atoms with van der Waals surface area (Å²) in [6.07, 6.45) is 0. The molecular formula is C28H32N2O5. The summed E-state index contributed by atoms with van der Waals surface area (Å²) < 4.78 is 17.3. The van der Waals surface area contributed by atoms with Crippen molar-refractivity contribution in [3.63, 3.8) is 0 Å². The van der Waals surface area contributed by atoms with Crippen molar-refractivity contribution in [2.45, 2.75) is 34.6 Å². The van der Waals surface area contributed by atoms with E-state index in [-0.39, 0.29) is 18.4 Å². The average molecular weight is 477 g/mol. The largest absolute Gasteiger partial charge is 0.492 e. The Balaban J connectivity index is 1.81. The lowest BCUT2D eigenvalue weighted by atomic mass is 10.1. The van der Waals surface area contributed by atoms with E-state index in [0.717, 1.165) is 16.7 Å². The molecule has 0 fully saturated rings. The lowest BCUT2D eigenvalue weighted by molar-refractivity contribution is -0.118. The van der Waals surface area contributed by atoms with Gasteiger partial charge < -0.3 is 24.8 Å². The molecule has 2 N–H and O–H groups in total. The first-order chi connectivity index (χ1) is 16.8. The van der Waals surface area contributed by atoms with E-state index >= 15 is 0 Å². The van der Waals surface area contributed by atoms with Gasteiger partial charge in [-0.05, 0) is 69.5 Å². The fourth-order valence-electron chi connectivity index (χ4n) is 3.57. The molecular weight excluding hydrogens is 444 g/mol. The van der Waals surface area contributed by atoms with Gasteiger partial charge in [0.1, 0.15) is 17.2 Å². The van der Waals surface area contributed by atoms with Crippen molar-refractivity contribution in [1.82, 2.24) is 0 Å². The molecule has 0 heterocycles. The van der Waals surface area contributed by atoms with E-state index in [0.29, 0.717) is 47.4 Å². The summed E-state index contributed by atoms with van der Waals surface area (Å²) in [6, 6.07) is 16.2. The van der Waals surface area contributed by atoms with Gasteiger partial charge >= 0.3 is 0 Å². The Hall–Kier alpha value is -4.00. The summed E-state index contributed by atoms with van der Waals surface area (Å²) in [6.45, 7) is 10.2. The van der Waals surface area contributed by atoms with Crippen LogP contribution < -0.4 is 24.8 Å². The number of anilines is 2. The number of aryl methyl sites for hydroxylation is 2. The van der Waals surface area contributed by atoms with Crippen LogP contribution in [0.2, 0.25) is 0 Å². The van der Waals surface area contributed by atoms with Gasteiger partial charge in [0, 0.05) is 17.7 Å². The van der Waals surface area contributed by atoms with Gasteiger partial charge in [-0.15, -0.1) is 0 Å². The summed E-state index contributed by atoms with van der Waals surface area (Å²) in [5, 5.41) is 5.72. The monoisotopic (exact) mass is 476 g/mol. The fourth-order valence-corrected chi connectivity index (χ4v) is 3.57. The predicted octanol–water partition coefficient (Wildman–Crippen LogP) is 5.68. The van der Waals surface area contributed by atoms with Gasteiger partial charge in [0.05, 0.1) is 24.6 Å². The van der Waals surface area contributed by atoms with Crippen molar-refractivity contribution in [3.8, 4) is 17.2 Å². The molecule has 35 heavy (non-hydrogen) atoms. The second kappa shape index (κ2) is 11.9. The highest BCUT2D eigenvalue weighted by Gasteiger charge is 2.17. The molecule has 0 spiro atoms. The smallest absolute Gasteiger partial charge is 0.262 e. The summed E-state index contributed by atoms with van der Waals surface area (Å²) >= 11 is 0. The summed E-state index contributed by atoms with van der Waals surface area (Å²) in [7, 11) is 0. The number of ether oxygens (including phenoxy) is 3. The SMILES string of the molecule is CCOc1cc(NC(=O)c2ccccc2)c(OCC)cc1NC(=O)COc1cc(C)cc(C)c1C. The van der Waals surface area contributed by atoms with Crippen molar-refractivity contribution >= 4 is 23.2 Å². The van der Waals surface area contributed by atoms with E-state index in [4.69, 9.17) is 14.2 Å². The molecule has 3 aromatic carbocycles. The van der Waals surface area contributed by atoms with E-state index in [9.17, 15) is 9.59 Å². The number of rotatable bonds is 10. The third kappa shape index (κ3) is 6.76. The Morgan fingerprint density at radius 2 is 1.34 bits per heavy atom. The molecule has 0 unspecified atom stereocenters. The fraction of sp³-hybridized carbons (Fsp3) is 0.286. The zero-order valence-corrected chi connectivity index (χ0v) is 20.9. The molecule has 184 valence electrons. The van der Waals surface area contributed by atoms with Crippen LogP contribution >= 0.6 is 0 Å². The second-order valence-electron chi connectivity index (χ2n) is 8.07. The number of hydrogen-bond donors (Lipinski definition) is 2. The van der Waals surface area contributed by atoms with Crippen molar-refractivity contribution in [2.75, 3.05) is 30.5 Å². The maximum Gasteiger partial charge on any atom is 0.262 e. The van der Waals surface area contributed by atoms with Crippen molar-refractivity contribution in [1.29, 1.82) is 0 Å². The molecule has 7 nitrogen and oxygen atoms in total. The topological polar surface area (TPSA) is 85.9 Å². The Morgan fingerprint density at radius 3 is 1.94 bits per heavy atom. The van der Waals surface area contributed by atoms with Crippen LogP contribution in [0.1, 0.15) is 40.9 Å². The first-order valence-electron chi connectivity index (χ1n) is 11.6. The molecule has 0 saturated carbocycles. The normalized spacial score (nSPS) is 10.4. The molecule has 2 amide bonds. The number of amides is 2. The van der Waals surface area contributed by atoms with Crippen LogP contribution in [0, 0.1) is 20.8 Å². The number of carbonyl (C=O) groups is 2. The molecule has 3 rings (SSSR count). The maximum atomic E-state index is 12.7. The molecule has 0 radical (unpaired) electrons. The maximum absolute atomic E-state index is 12.7. The van der Waals surface area contributed by atoms with Gasteiger partial charge in [-0.2, -0.15) is 0 Å². The Bertz CT molecular complexity index is 1190. The van der Waals surface area contributed by atoms with Crippen LogP contribution in [-0.2, 0) is 4.79 Å². The molecule has 0 aliphatic rings.